The van der Waals surface area contributed by atoms with Crippen LogP contribution in [0.5, 0.6) is 0 Å². The van der Waals surface area contributed by atoms with Crippen LogP contribution in [0, 0.1) is 0 Å². The number of aryl methyl sites for hydroxylation is 1. The smallest absolute Gasteiger partial charge is 0.276 e. The number of nitrogens with zero attached hydrogens (tertiary/aromatic N) is 2. The molecule has 26 heavy (non-hydrogen) atoms. The summed E-state index contributed by atoms with van der Waals surface area (Å²) in [7, 11) is 0. The van der Waals surface area contributed by atoms with E-state index in [1.165, 1.54) is 22.8 Å². The molecule has 0 radical (unpaired) electrons. The number of carbonyl (C=O) groups is 1. The minimum absolute atomic E-state index is 0.000817. The normalized spacial score (nSPS) is 11.3. The largest absolute Gasteiger partial charge is 0.545 e. The minimum Gasteiger partial charge on any atom is -0.545 e. The van der Waals surface area contributed by atoms with Crippen LogP contribution in [0.2, 0.25) is 10.0 Å². The van der Waals surface area contributed by atoms with Crippen molar-refractivity contribution in [1.82, 2.24) is 9.55 Å². The van der Waals surface area contributed by atoms with E-state index in [4.69, 9.17) is 23.2 Å². The molecule has 0 aliphatic rings. The number of hydrogen-bond acceptors (Lipinski definition) is 4. The van der Waals surface area contributed by atoms with Gasteiger partial charge in [-0.15, -0.1) is 0 Å². The fourth-order valence-corrected chi connectivity index (χ4v) is 3.00. The molecular weight excluding hydrogens is 375 g/mol. The van der Waals surface area contributed by atoms with Crippen molar-refractivity contribution in [3.05, 3.63) is 73.6 Å². The van der Waals surface area contributed by atoms with Crippen molar-refractivity contribution in [2.24, 2.45) is 0 Å². The summed E-state index contributed by atoms with van der Waals surface area (Å²) in [6.07, 6.45) is 3.18. The first-order chi connectivity index (χ1) is 12.4. The number of aromatic nitrogens is 2. The summed E-state index contributed by atoms with van der Waals surface area (Å²) >= 11 is 12.1. The van der Waals surface area contributed by atoms with Crippen LogP contribution >= 0.6 is 23.2 Å². The highest BCUT2D eigenvalue weighted by Crippen LogP contribution is 2.26. The molecule has 0 saturated carbocycles. The number of rotatable bonds is 4. The summed E-state index contributed by atoms with van der Waals surface area (Å²) in [4.78, 5) is 28.1. The van der Waals surface area contributed by atoms with Crippen LogP contribution in [0.1, 0.15) is 28.5 Å². The lowest BCUT2D eigenvalue weighted by atomic mass is 10.1. The monoisotopic (exact) mass is 387 g/mol. The number of carboxylic acid groups (broad SMARTS) is 1. The quantitative estimate of drug-likeness (QED) is 0.688. The van der Waals surface area contributed by atoms with E-state index in [0.29, 0.717) is 33.2 Å². The lowest BCUT2D eigenvalue weighted by molar-refractivity contribution is -0.255. The molecule has 0 unspecified atom stereocenters. The highest BCUT2D eigenvalue weighted by Gasteiger charge is 2.10. The molecule has 1 heterocycles. The van der Waals surface area contributed by atoms with Gasteiger partial charge < -0.3 is 14.5 Å². The number of hydrogen-bond donors (Lipinski definition) is 0. The van der Waals surface area contributed by atoms with E-state index in [9.17, 15) is 14.7 Å². The molecule has 3 aromatic rings. The van der Waals surface area contributed by atoms with E-state index < -0.39 is 5.97 Å². The molecule has 0 aliphatic carbocycles. The Morgan fingerprint density at radius 2 is 2.00 bits per heavy atom. The van der Waals surface area contributed by atoms with Crippen molar-refractivity contribution in [2.45, 2.75) is 13.5 Å². The highest BCUT2D eigenvalue weighted by molar-refractivity contribution is 6.42. The van der Waals surface area contributed by atoms with Gasteiger partial charge >= 0.3 is 0 Å². The summed E-state index contributed by atoms with van der Waals surface area (Å²) in [6.45, 7) is 2.25. The molecule has 5 nitrogen and oxygen atoms in total. The Morgan fingerprint density at radius 1 is 1.23 bits per heavy atom. The van der Waals surface area contributed by atoms with E-state index in [1.54, 1.807) is 30.3 Å². The van der Waals surface area contributed by atoms with Crippen molar-refractivity contribution in [3.8, 4) is 0 Å². The van der Waals surface area contributed by atoms with E-state index in [1.807, 2.05) is 6.92 Å². The average molecular weight is 388 g/mol. The molecule has 1 aromatic heterocycles. The first-order valence-electron chi connectivity index (χ1n) is 7.80. The average Bonchev–Trinajstić information content (AvgIpc) is 2.62. The second kappa shape index (κ2) is 7.32. The predicted molar refractivity (Wildman–Crippen MR) is 101 cm³/mol. The second-order valence-corrected chi connectivity index (χ2v) is 6.30. The predicted octanol–water partition coefficient (Wildman–Crippen LogP) is 3.26. The zero-order chi connectivity index (χ0) is 18.8. The fraction of sp³-hybridized carbons (Fsp3) is 0.105. The van der Waals surface area contributed by atoms with Gasteiger partial charge in [-0.25, -0.2) is 4.98 Å². The third-order valence-electron chi connectivity index (χ3n) is 3.93. The van der Waals surface area contributed by atoms with Gasteiger partial charge in [-0.3, -0.25) is 4.79 Å². The van der Waals surface area contributed by atoms with Crippen LogP contribution in [0.25, 0.3) is 23.2 Å². The molecule has 0 fully saturated rings. The van der Waals surface area contributed by atoms with Gasteiger partial charge in [0.1, 0.15) is 5.69 Å². The SMILES string of the molecule is CCn1c(=O)c(/C=C/c2cccc(Cl)c2Cl)nc2cc(C(=O)[O-])ccc21. The molecule has 0 aliphatic heterocycles. The summed E-state index contributed by atoms with van der Waals surface area (Å²) in [6, 6.07) is 9.52. The minimum atomic E-state index is -1.30. The van der Waals surface area contributed by atoms with Crippen molar-refractivity contribution in [2.75, 3.05) is 0 Å². The van der Waals surface area contributed by atoms with E-state index in [-0.39, 0.29) is 16.8 Å². The number of fused-ring (bicyclic) bond motifs is 1. The summed E-state index contributed by atoms with van der Waals surface area (Å²) in [5, 5.41) is 11.9. The first kappa shape index (κ1) is 18.2. The van der Waals surface area contributed by atoms with Gasteiger partial charge in [-0.1, -0.05) is 47.5 Å². The Labute approximate surface area is 159 Å². The third-order valence-corrected chi connectivity index (χ3v) is 4.76. The number of halogens is 2. The molecule has 7 heteroatoms. The van der Waals surface area contributed by atoms with Crippen LogP contribution in [0.3, 0.4) is 0 Å². The highest BCUT2D eigenvalue weighted by atomic mass is 35.5. The Kier molecular flexibility index (Phi) is 5.11. The molecular formula is C19H13Cl2N2O3-. The van der Waals surface area contributed by atoms with Crippen LogP contribution in [-0.4, -0.2) is 15.5 Å². The number of carbonyl (C=O) groups excluding carboxylic acids is 1. The summed E-state index contributed by atoms with van der Waals surface area (Å²) < 4.78 is 1.53. The zero-order valence-electron chi connectivity index (χ0n) is 13.7. The topological polar surface area (TPSA) is 75.0 Å². The Bertz CT molecular complexity index is 1100. The number of benzene rings is 2. The molecule has 2 aromatic carbocycles. The maximum Gasteiger partial charge on any atom is 0.276 e. The molecule has 3 rings (SSSR count). The molecule has 0 N–H and O–H groups in total. The molecule has 0 amide bonds. The zero-order valence-corrected chi connectivity index (χ0v) is 15.2. The molecule has 0 atom stereocenters. The van der Waals surface area contributed by atoms with Gasteiger partial charge in [-0.05, 0) is 42.3 Å². The molecule has 0 bridgehead atoms. The Morgan fingerprint density at radius 3 is 2.69 bits per heavy atom. The van der Waals surface area contributed by atoms with Crippen LogP contribution in [0.15, 0.2) is 41.2 Å². The molecule has 0 spiro atoms. The van der Waals surface area contributed by atoms with Crippen molar-refractivity contribution in [1.29, 1.82) is 0 Å². The van der Waals surface area contributed by atoms with Crippen molar-refractivity contribution >= 4 is 52.4 Å². The first-order valence-corrected chi connectivity index (χ1v) is 8.56. The van der Waals surface area contributed by atoms with Gasteiger partial charge in [-0.2, -0.15) is 0 Å². The standard InChI is InChI=1S/C19H14Cl2N2O3/c1-2-23-16-9-7-12(19(25)26)10-15(16)22-14(18(23)24)8-6-11-4-3-5-13(20)17(11)21/h3-10H,2H2,1H3,(H,25,26)/p-1/b8-6+. The van der Waals surface area contributed by atoms with Gasteiger partial charge in [0.15, 0.2) is 0 Å². The third kappa shape index (κ3) is 3.36. The Hall–Kier alpha value is -2.63. The molecule has 0 saturated heterocycles. The van der Waals surface area contributed by atoms with Gasteiger partial charge in [0.25, 0.3) is 5.56 Å². The van der Waals surface area contributed by atoms with Crippen molar-refractivity contribution < 1.29 is 9.90 Å². The van der Waals surface area contributed by atoms with E-state index >= 15 is 0 Å². The Balaban J connectivity index is 2.17. The van der Waals surface area contributed by atoms with Crippen LogP contribution in [0.4, 0.5) is 0 Å². The summed E-state index contributed by atoms with van der Waals surface area (Å²) in [5.41, 5.74) is 1.48. The number of aromatic carboxylic acids is 1. The van der Waals surface area contributed by atoms with Gasteiger partial charge in [0.05, 0.1) is 27.0 Å². The maximum absolute atomic E-state index is 12.7. The number of carboxylic acids is 1. The summed E-state index contributed by atoms with van der Waals surface area (Å²) in [5.74, 6) is -1.30. The van der Waals surface area contributed by atoms with Crippen molar-refractivity contribution in [3.63, 3.8) is 0 Å². The fourth-order valence-electron chi connectivity index (χ4n) is 2.63. The second-order valence-electron chi connectivity index (χ2n) is 5.51. The molecule has 132 valence electrons. The van der Waals surface area contributed by atoms with Crippen LogP contribution < -0.4 is 10.7 Å². The lowest BCUT2D eigenvalue weighted by Crippen LogP contribution is -2.25. The van der Waals surface area contributed by atoms with Gasteiger partial charge in [0, 0.05) is 6.54 Å². The maximum atomic E-state index is 12.7. The van der Waals surface area contributed by atoms with Gasteiger partial charge in [0.2, 0.25) is 0 Å². The van der Waals surface area contributed by atoms with E-state index in [2.05, 4.69) is 4.98 Å². The lowest BCUT2D eigenvalue weighted by Gasteiger charge is -2.10. The van der Waals surface area contributed by atoms with Crippen LogP contribution in [-0.2, 0) is 6.54 Å². The van der Waals surface area contributed by atoms with E-state index in [0.717, 1.165) is 0 Å².